The lowest BCUT2D eigenvalue weighted by Crippen LogP contribution is -2.49. The second-order valence-electron chi connectivity index (χ2n) is 5.14. The first-order chi connectivity index (χ1) is 9.49. The summed E-state index contributed by atoms with van der Waals surface area (Å²) >= 11 is 0. The van der Waals surface area contributed by atoms with Gasteiger partial charge >= 0.3 is 12.0 Å². The van der Waals surface area contributed by atoms with E-state index in [1.54, 1.807) is 0 Å². The number of hydrogen-bond donors (Lipinski definition) is 3. The summed E-state index contributed by atoms with van der Waals surface area (Å²) in [6.45, 7) is 0. The summed E-state index contributed by atoms with van der Waals surface area (Å²) in [6.07, 6.45) is 3.06. The minimum Gasteiger partial charge on any atom is -0.481 e. The molecule has 0 heterocycles. The summed E-state index contributed by atoms with van der Waals surface area (Å²) in [5, 5.41) is 14.3. The molecule has 1 aliphatic rings. The van der Waals surface area contributed by atoms with Gasteiger partial charge in [-0.3, -0.25) is 4.79 Å². The van der Waals surface area contributed by atoms with Crippen molar-refractivity contribution in [2.24, 2.45) is 0 Å². The van der Waals surface area contributed by atoms with Crippen molar-refractivity contribution in [1.82, 2.24) is 5.32 Å². The number of amides is 2. The van der Waals surface area contributed by atoms with Gasteiger partial charge in [-0.25, -0.2) is 9.18 Å². The number of hydrogen-bond acceptors (Lipinski definition) is 2. The van der Waals surface area contributed by atoms with Gasteiger partial charge in [0.2, 0.25) is 0 Å². The van der Waals surface area contributed by atoms with E-state index in [-0.39, 0.29) is 12.2 Å². The molecule has 0 unspecified atom stereocenters. The first-order valence-electron chi connectivity index (χ1n) is 6.56. The maximum absolute atomic E-state index is 12.8. The molecule has 1 fully saturated rings. The molecule has 0 aromatic heterocycles. The number of benzene rings is 1. The summed E-state index contributed by atoms with van der Waals surface area (Å²) in [7, 11) is 0. The molecule has 0 bridgehead atoms. The summed E-state index contributed by atoms with van der Waals surface area (Å²) in [5.74, 6) is -1.30. The van der Waals surface area contributed by atoms with E-state index in [1.807, 2.05) is 0 Å². The number of aliphatic carboxylic acids is 1. The highest BCUT2D eigenvalue weighted by atomic mass is 19.1. The fraction of sp³-hybridized carbons (Fsp3) is 0.429. The standard InChI is InChI=1S/C14H17FN2O3/c15-10-3-5-11(6-4-10)16-13(20)17-14(9-12(18)19)7-1-2-8-14/h3-6H,1-2,7-9H2,(H,18,19)(H2,16,17,20). The molecular formula is C14H17FN2O3. The highest BCUT2D eigenvalue weighted by molar-refractivity contribution is 5.90. The third-order valence-corrected chi connectivity index (χ3v) is 3.53. The van der Waals surface area contributed by atoms with Crippen LogP contribution in [-0.2, 0) is 4.79 Å². The van der Waals surface area contributed by atoms with Crippen LogP contribution in [0.5, 0.6) is 0 Å². The van der Waals surface area contributed by atoms with Gasteiger partial charge in [-0.15, -0.1) is 0 Å². The van der Waals surface area contributed by atoms with Gasteiger partial charge in [0.1, 0.15) is 5.82 Å². The number of rotatable bonds is 4. The molecule has 0 atom stereocenters. The summed E-state index contributed by atoms with van der Waals surface area (Å²) in [5.41, 5.74) is -0.206. The van der Waals surface area contributed by atoms with Crippen LogP contribution in [0.2, 0.25) is 0 Å². The Bertz CT molecular complexity index is 496. The van der Waals surface area contributed by atoms with Crippen molar-refractivity contribution in [2.45, 2.75) is 37.6 Å². The van der Waals surface area contributed by atoms with Gasteiger partial charge in [0, 0.05) is 5.69 Å². The van der Waals surface area contributed by atoms with Crippen LogP contribution < -0.4 is 10.6 Å². The first-order valence-corrected chi connectivity index (χ1v) is 6.56. The molecule has 1 aromatic rings. The molecule has 3 N–H and O–H groups in total. The van der Waals surface area contributed by atoms with Gasteiger partial charge in [-0.05, 0) is 37.1 Å². The topological polar surface area (TPSA) is 78.4 Å². The van der Waals surface area contributed by atoms with Crippen molar-refractivity contribution < 1.29 is 19.1 Å². The first kappa shape index (κ1) is 14.3. The van der Waals surface area contributed by atoms with Crippen LogP contribution in [0.4, 0.5) is 14.9 Å². The van der Waals surface area contributed by atoms with E-state index >= 15 is 0 Å². The van der Waals surface area contributed by atoms with Crippen LogP contribution in [0, 0.1) is 5.82 Å². The van der Waals surface area contributed by atoms with Gasteiger partial charge in [0.05, 0.1) is 12.0 Å². The Labute approximate surface area is 116 Å². The number of carbonyl (C=O) groups excluding carboxylic acids is 1. The van der Waals surface area contributed by atoms with Crippen LogP contribution in [-0.4, -0.2) is 22.6 Å². The summed E-state index contributed by atoms with van der Waals surface area (Å²) < 4.78 is 12.8. The quantitative estimate of drug-likeness (QED) is 0.793. The van der Waals surface area contributed by atoms with Crippen LogP contribution >= 0.6 is 0 Å². The Kier molecular flexibility index (Phi) is 4.22. The lowest BCUT2D eigenvalue weighted by molar-refractivity contribution is -0.138. The number of urea groups is 1. The molecule has 108 valence electrons. The Balaban J connectivity index is 1.98. The average molecular weight is 280 g/mol. The number of carboxylic acids is 1. The fourth-order valence-electron chi connectivity index (χ4n) is 2.62. The van der Waals surface area contributed by atoms with E-state index in [4.69, 9.17) is 5.11 Å². The number of nitrogens with one attached hydrogen (secondary N) is 2. The molecule has 2 amide bonds. The molecule has 0 spiro atoms. The Morgan fingerprint density at radius 1 is 1.20 bits per heavy atom. The van der Waals surface area contributed by atoms with Crippen LogP contribution in [0.1, 0.15) is 32.1 Å². The van der Waals surface area contributed by atoms with Gasteiger partial charge < -0.3 is 15.7 Å². The number of carboxylic acid groups (broad SMARTS) is 1. The fourth-order valence-corrected chi connectivity index (χ4v) is 2.62. The number of anilines is 1. The zero-order valence-corrected chi connectivity index (χ0v) is 11.0. The van der Waals surface area contributed by atoms with Crippen molar-refractivity contribution in [3.8, 4) is 0 Å². The highest BCUT2D eigenvalue weighted by Gasteiger charge is 2.37. The van der Waals surface area contributed by atoms with Gasteiger partial charge in [-0.1, -0.05) is 12.8 Å². The van der Waals surface area contributed by atoms with Gasteiger partial charge in [-0.2, -0.15) is 0 Å². The van der Waals surface area contributed by atoms with E-state index in [0.29, 0.717) is 18.5 Å². The summed E-state index contributed by atoms with van der Waals surface area (Å²) in [6, 6.07) is 4.94. The molecule has 1 aliphatic carbocycles. The van der Waals surface area contributed by atoms with E-state index in [1.165, 1.54) is 24.3 Å². The lowest BCUT2D eigenvalue weighted by Gasteiger charge is -2.28. The van der Waals surface area contributed by atoms with Crippen LogP contribution in [0.3, 0.4) is 0 Å². The molecule has 0 saturated heterocycles. The molecule has 2 rings (SSSR count). The van der Waals surface area contributed by atoms with E-state index < -0.39 is 17.5 Å². The second kappa shape index (κ2) is 5.90. The molecule has 5 nitrogen and oxygen atoms in total. The lowest BCUT2D eigenvalue weighted by atomic mass is 9.93. The maximum Gasteiger partial charge on any atom is 0.319 e. The molecule has 0 aliphatic heterocycles. The van der Waals surface area contributed by atoms with Crippen LogP contribution in [0.25, 0.3) is 0 Å². The van der Waals surface area contributed by atoms with Crippen LogP contribution in [0.15, 0.2) is 24.3 Å². The monoisotopic (exact) mass is 280 g/mol. The molecule has 1 aromatic carbocycles. The van der Waals surface area contributed by atoms with Gasteiger partial charge in [0.25, 0.3) is 0 Å². The third-order valence-electron chi connectivity index (χ3n) is 3.53. The van der Waals surface area contributed by atoms with Crippen molar-refractivity contribution >= 4 is 17.7 Å². The molecular weight excluding hydrogens is 263 g/mol. The number of carbonyl (C=O) groups is 2. The van der Waals surface area contributed by atoms with E-state index in [9.17, 15) is 14.0 Å². The minimum atomic E-state index is -0.922. The van der Waals surface area contributed by atoms with Crippen molar-refractivity contribution in [3.05, 3.63) is 30.1 Å². The van der Waals surface area contributed by atoms with E-state index in [2.05, 4.69) is 10.6 Å². The normalized spacial score (nSPS) is 16.6. The second-order valence-corrected chi connectivity index (χ2v) is 5.14. The largest absolute Gasteiger partial charge is 0.481 e. The van der Waals surface area contributed by atoms with Gasteiger partial charge in [0.15, 0.2) is 0 Å². The zero-order valence-electron chi connectivity index (χ0n) is 11.0. The minimum absolute atomic E-state index is 0.0795. The van der Waals surface area contributed by atoms with Crippen molar-refractivity contribution in [1.29, 1.82) is 0 Å². The average Bonchev–Trinajstić information content (AvgIpc) is 2.79. The SMILES string of the molecule is O=C(O)CC1(NC(=O)Nc2ccc(F)cc2)CCCC1. The zero-order chi connectivity index (χ0) is 14.6. The molecule has 20 heavy (non-hydrogen) atoms. The Hall–Kier alpha value is -2.11. The highest BCUT2D eigenvalue weighted by Crippen LogP contribution is 2.32. The molecule has 0 radical (unpaired) electrons. The third kappa shape index (κ3) is 3.69. The van der Waals surface area contributed by atoms with Crippen molar-refractivity contribution in [2.75, 3.05) is 5.32 Å². The van der Waals surface area contributed by atoms with E-state index in [0.717, 1.165) is 12.8 Å². The Morgan fingerprint density at radius 2 is 1.80 bits per heavy atom. The predicted molar refractivity (Wildman–Crippen MR) is 72.0 cm³/mol. The van der Waals surface area contributed by atoms with Crippen molar-refractivity contribution in [3.63, 3.8) is 0 Å². The predicted octanol–water partition coefficient (Wildman–Crippen LogP) is 2.73. The number of halogens is 1. The molecule has 6 heteroatoms. The Morgan fingerprint density at radius 3 is 2.35 bits per heavy atom. The maximum atomic E-state index is 12.8. The molecule has 1 saturated carbocycles. The smallest absolute Gasteiger partial charge is 0.319 e. The summed E-state index contributed by atoms with van der Waals surface area (Å²) in [4.78, 5) is 22.9.